The first-order valence-corrected chi connectivity index (χ1v) is 6.86. The summed E-state index contributed by atoms with van der Waals surface area (Å²) in [6.45, 7) is 1.93. The van der Waals surface area contributed by atoms with Gasteiger partial charge in [0.15, 0.2) is 0 Å². The van der Waals surface area contributed by atoms with Crippen molar-refractivity contribution in [1.29, 1.82) is 0 Å². The summed E-state index contributed by atoms with van der Waals surface area (Å²) < 4.78 is 0. The fourth-order valence-corrected chi connectivity index (χ4v) is 2.94. The first-order valence-electron chi connectivity index (χ1n) is 6.10. The number of carboxylic acid groups (broad SMARTS) is 1. The highest BCUT2D eigenvalue weighted by molar-refractivity contribution is 6.32. The van der Waals surface area contributed by atoms with Crippen LogP contribution in [0.4, 0.5) is 5.82 Å². The molecule has 1 aromatic heterocycles. The van der Waals surface area contributed by atoms with Gasteiger partial charge >= 0.3 is 5.97 Å². The third-order valence-corrected chi connectivity index (χ3v) is 3.73. The summed E-state index contributed by atoms with van der Waals surface area (Å²) in [6.07, 6.45) is 1.04. The first kappa shape index (κ1) is 15.0. The third-order valence-electron chi connectivity index (χ3n) is 3.37. The summed E-state index contributed by atoms with van der Waals surface area (Å²) >= 11 is 11.4. The van der Waals surface area contributed by atoms with Crippen LogP contribution in [0.25, 0.3) is 0 Å². The van der Waals surface area contributed by atoms with E-state index in [1.54, 1.807) is 0 Å². The van der Waals surface area contributed by atoms with Crippen LogP contribution in [0, 0.1) is 17.8 Å². The number of hydrogen-bond acceptors (Lipinski definition) is 4. The van der Waals surface area contributed by atoms with E-state index < -0.39 is 17.8 Å². The van der Waals surface area contributed by atoms with Crippen LogP contribution in [0.5, 0.6) is 0 Å². The molecule has 1 amide bonds. The van der Waals surface area contributed by atoms with Gasteiger partial charge in [-0.25, -0.2) is 9.97 Å². The minimum atomic E-state index is -0.951. The molecule has 2 N–H and O–H groups in total. The van der Waals surface area contributed by atoms with Crippen LogP contribution in [0.15, 0.2) is 6.07 Å². The fraction of sp³-hybridized carbons (Fsp3) is 0.500. The number of halogens is 2. The van der Waals surface area contributed by atoms with Crippen molar-refractivity contribution >= 4 is 40.9 Å². The Labute approximate surface area is 125 Å². The molecule has 1 saturated carbocycles. The van der Waals surface area contributed by atoms with Gasteiger partial charge in [0.25, 0.3) is 0 Å². The molecule has 1 unspecified atom stereocenters. The van der Waals surface area contributed by atoms with Crippen molar-refractivity contribution in [2.24, 2.45) is 17.8 Å². The second-order valence-electron chi connectivity index (χ2n) is 4.96. The Kier molecular flexibility index (Phi) is 4.45. The summed E-state index contributed by atoms with van der Waals surface area (Å²) in [7, 11) is 0. The monoisotopic (exact) mass is 317 g/mol. The maximum absolute atomic E-state index is 12.2. The van der Waals surface area contributed by atoms with Gasteiger partial charge in [0.2, 0.25) is 11.2 Å². The zero-order chi connectivity index (χ0) is 14.9. The van der Waals surface area contributed by atoms with E-state index in [1.807, 2.05) is 6.92 Å². The van der Waals surface area contributed by atoms with Crippen molar-refractivity contribution in [3.8, 4) is 0 Å². The minimum absolute atomic E-state index is 0.0811. The summed E-state index contributed by atoms with van der Waals surface area (Å²) in [5.41, 5.74) is 0. The smallest absolute Gasteiger partial charge is 0.307 e. The average molecular weight is 318 g/mol. The van der Waals surface area contributed by atoms with Gasteiger partial charge in [-0.2, -0.15) is 0 Å². The molecule has 1 aliphatic carbocycles. The van der Waals surface area contributed by atoms with Gasteiger partial charge in [-0.1, -0.05) is 18.5 Å². The lowest BCUT2D eigenvalue weighted by molar-refractivity contribution is -0.145. The predicted octanol–water partition coefficient (Wildman–Crippen LogP) is 2.47. The molecule has 2 rings (SSSR count). The Morgan fingerprint density at radius 3 is 2.55 bits per heavy atom. The number of aliphatic carboxylic acids is 1. The highest BCUT2D eigenvalue weighted by Crippen LogP contribution is 2.37. The lowest BCUT2D eigenvalue weighted by Crippen LogP contribution is -2.30. The van der Waals surface area contributed by atoms with E-state index in [-0.39, 0.29) is 28.1 Å². The molecule has 6 nitrogen and oxygen atoms in total. The van der Waals surface area contributed by atoms with E-state index in [4.69, 9.17) is 28.3 Å². The maximum atomic E-state index is 12.2. The summed E-state index contributed by atoms with van der Waals surface area (Å²) in [5, 5.41) is 11.7. The van der Waals surface area contributed by atoms with Crippen LogP contribution in [0.1, 0.15) is 19.8 Å². The number of carbonyl (C=O) groups excluding carboxylic acids is 1. The van der Waals surface area contributed by atoms with Gasteiger partial charge in [0.05, 0.1) is 11.8 Å². The second kappa shape index (κ2) is 5.93. The van der Waals surface area contributed by atoms with Crippen LogP contribution in [0.2, 0.25) is 10.4 Å². The highest BCUT2D eigenvalue weighted by Gasteiger charge is 2.41. The number of amides is 1. The van der Waals surface area contributed by atoms with Crippen molar-refractivity contribution in [2.75, 3.05) is 5.32 Å². The molecule has 20 heavy (non-hydrogen) atoms. The molecule has 1 aromatic rings. The Morgan fingerprint density at radius 1 is 1.30 bits per heavy atom. The third kappa shape index (κ3) is 3.37. The molecule has 1 fully saturated rings. The van der Waals surface area contributed by atoms with Gasteiger partial charge in [-0.05, 0) is 30.4 Å². The van der Waals surface area contributed by atoms with Crippen molar-refractivity contribution in [1.82, 2.24) is 9.97 Å². The molecule has 108 valence electrons. The quantitative estimate of drug-likeness (QED) is 0.660. The second-order valence-corrected chi connectivity index (χ2v) is 5.69. The van der Waals surface area contributed by atoms with Gasteiger partial charge in [0, 0.05) is 6.07 Å². The number of carboxylic acids is 1. The molecule has 0 radical (unpaired) electrons. The van der Waals surface area contributed by atoms with E-state index in [1.165, 1.54) is 6.07 Å². The molecular weight excluding hydrogens is 305 g/mol. The summed E-state index contributed by atoms with van der Waals surface area (Å²) in [6, 6.07) is 1.36. The van der Waals surface area contributed by atoms with Gasteiger partial charge in [-0.15, -0.1) is 0 Å². The lowest BCUT2D eigenvalue weighted by Gasteiger charge is -2.15. The van der Waals surface area contributed by atoms with E-state index in [9.17, 15) is 9.59 Å². The molecule has 0 aliphatic heterocycles. The zero-order valence-corrected chi connectivity index (χ0v) is 12.1. The normalized spacial score (nSPS) is 25.4. The first-order chi connectivity index (χ1) is 9.36. The van der Waals surface area contributed by atoms with Crippen LogP contribution in [-0.4, -0.2) is 27.0 Å². The fourth-order valence-electron chi connectivity index (χ4n) is 2.53. The number of hydrogen-bond donors (Lipinski definition) is 2. The summed E-state index contributed by atoms with van der Waals surface area (Å²) in [5.74, 6) is -2.21. The molecule has 0 saturated heterocycles. The number of carbonyl (C=O) groups is 2. The SMILES string of the molecule is CC1C[C@H](C(=O)Nc2cc(Cl)nc(Cl)n2)[C@H](C(=O)O)C1. The maximum Gasteiger partial charge on any atom is 0.307 e. The van der Waals surface area contributed by atoms with Crippen LogP contribution < -0.4 is 5.32 Å². The Bertz CT molecular complexity index is 532. The Hall–Kier alpha value is -1.40. The standard InChI is InChI=1S/C12H13Cl2N3O3/c1-5-2-6(7(3-5)11(19)20)10(18)16-9-4-8(13)15-12(14)17-9/h4-7H,2-3H2,1H3,(H,19,20)(H,15,16,17,18)/t5?,6-,7+/m0/s1. The molecule has 0 aromatic carbocycles. The van der Waals surface area contributed by atoms with Crippen molar-refractivity contribution in [3.63, 3.8) is 0 Å². The van der Waals surface area contributed by atoms with Crippen LogP contribution >= 0.6 is 23.2 Å². The number of aromatic nitrogens is 2. The van der Waals surface area contributed by atoms with E-state index in [2.05, 4.69) is 15.3 Å². The predicted molar refractivity (Wildman–Crippen MR) is 73.7 cm³/mol. The molecule has 0 bridgehead atoms. The molecular formula is C12H13Cl2N3O3. The van der Waals surface area contributed by atoms with E-state index in [0.717, 1.165) is 0 Å². The Morgan fingerprint density at radius 2 is 1.95 bits per heavy atom. The van der Waals surface area contributed by atoms with Gasteiger partial charge in [0.1, 0.15) is 11.0 Å². The van der Waals surface area contributed by atoms with Crippen LogP contribution in [0.3, 0.4) is 0 Å². The molecule has 1 heterocycles. The summed E-state index contributed by atoms with van der Waals surface area (Å²) in [4.78, 5) is 30.8. The van der Waals surface area contributed by atoms with Crippen LogP contribution in [-0.2, 0) is 9.59 Å². The topological polar surface area (TPSA) is 92.2 Å². The molecule has 0 spiro atoms. The van der Waals surface area contributed by atoms with Crippen molar-refractivity contribution in [3.05, 3.63) is 16.5 Å². The van der Waals surface area contributed by atoms with Crippen molar-refractivity contribution < 1.29 is 14.7 Å². The molecule has 1 aliphatic rings. The average Bonchev–Trinajstić information content (AvgIpc) is 2.70. The minimum Gasteiger partial charge on any atom is -0.481 e. The largest absolute Gasteiger partial charge is 0.481 e. The highest BCUT2D eigenvalue weighted by atomic mass is 35.5. The molecule has 8 heteroatoms. The van der Waals surface area contributed by atoms with E-state index in [0.29, 0.717) is 12.8 Å². The zero-order valence-electron chi connectivity index (χ0n) is 10.6. The number of nitrogens with one attached hydrogen (secondary N) is 1. The lowest BCUT2D eigenvalue weighted by atomic mass is 9.95. The molecule has 3 atom stereocenters. The van der Waals surface area contributed by atoms with Gasteiger partial charge < -0.3 is 10.4 Å². The number of rotatable bonds is 3. The Balaban J connectivity index is 2.13. The number of nitrogens with zero attached hydrogens (tertiary/aromatic N) is 2. The number of anilines is 1. The van der Waals surface area contributed by atoms with E-state index >= 15 is 0 Å². The van der Waals surface area contributed by atoms with Crippen molar-refractivity contribution in [2.45, 2.75) is 19.8 Å². The van der Waals surface area contributed by atoms with Gasteiger partial charge in [-0.3, -0.25) is 9.59 Å².